The zero-order valence-electron chi connectivity index (χ0n) is 10.0. The summed E-state index contributed by atoms with van der Waals surface area (Å²) in [4.78, 5) is 0. The summed E-state index contributed by atoms with van der Waals surface area (Å²) in [7, 11) is 1.58. The molecule has 0 saturated carbocycles. The molecule has 1 rings (SSSR count). The lowest BCUT2D eigenvalue weighted by molar-refractivity contribution is 0.370. The van der Waals surface area contributed by atoms with Crippen molar-refractivity contribution in [3.05, 3.63) is 28.3 Å². The Bertz CT molecular complexity index is 399. The van der Waals surface area contributed by atoms with Crippen LogP contribution in [0.1, 0.15) is 30.5 Å². The second-order valence-electron chi connectivity index (χ2n) is 4.03. The zero-order chi connectivity index (χ0) is 11.6. The highest BCUT2D eigenvalue weighted by atomic mass is 16.5. The summed E-state index contributed by atoms with van der Waals surface area (Å²) in [5.41, 5.74) is 4.10. The molecular weight excluding hydrogens is 188 g/mol. The second kappa shape index (κ2) is 4.39. The minimum absolute atomic E-state index is 0.232. The third-order valence-corrected chi connectivity index (χ3v) is 2.33. The molecule has 0 aliphatic heterocycles. The van der Waals surface area contributed by atoms with E-state index in [2.05, 4.69) is 0 Å². The molecule has 0 amide bonds. The van der Waals surface area contributed by atoms with E-state index >= 15 is 0 Å². The monoisotopic (exact) mass is 206 g/mol. The van der Waals surface area contributed by atoms with Gasteiger partial charge in [0.05, 0.1) is 7.11 Å². The molecule has 0 unspecified atom stereocenters. The van der Waals surface area contributed by atoms with Gasteiger partial charge in [0.15, 0.2) is 11.5 Å². The molecule has 0 saturated heterocycles. The number of aromatic hydroxyl groups is 1. The van der Waals surface area contributed by atoms with Crippen molar-refractivity contribution in [1.82, 2.24) is 0 Å². The predicted molar refractivity (Wildman–Crippen MR) is 63.5 cm³/mol. The Labute approximate surface area is 91.2 Å². The number of phenols is 1. The van der Waals surface area contributed by atoms with Gasteiger partial charge in [-0.15, -0.1) is 0 Å². The summed E-state index contributed by atoms with van der Waals surface area (Å²) in [5.74, 6) is 0.796. The fourth-order valence-electron chi connectivity index (χ4n) is 1.63. The van der Waals surface area contributed by atoms with Gasteiger partial charge >= 0.3 is 0 Å². The van der Waals surface area contributed by atoms with E-state index in [0.29, 0.717) is 5.75 Å². The molecule has 1 aromatic rings. The van der Waals surface area contributed by atoms with Crippen molar-refractivity contribution in [2.24, 2.45) is 0 Å². The van der Waals surface area contributed by atoms with Gasteiger partial charge < -0.3 is 9.84 Å². The highest BCUT2D eigenvalue weighted by molar-refractivity contribution is 5.68. The van der Waals surface area contributed by atoms with Crippen LogP contribution in [-0.4, -0.2) is 12.2 Å². The normalized spacial score (nSPS) is 9.93. The van der Waals surface area contributed by atoms with Crippen molar-refractivity contribution in [3.63, 3.8) is 0 Å². The first-order valence-corrected chi connectivity index (χ1v) is 4.99. The van der Waals surface area contributed by atoms with Gasteiger partial charge in [0.1, 0.15) is 0 Å². The first-order valence-electron chi connectivity index (χ1n) is 4.99. The van der Waals surface area contributed by atoms with Crippen LogP contribution in [0.5, 0.6) is 11.5 Å². The molecule has 1 N–H and O–H groups in total. The lowest BCUT2D eigenvalue weighted by Gasteiger charge is -2.13. The summed E-state index contributed by atoms with van der Waals surface area (Å²) in [6.07, 6.45) is 2.02. The van der Waals surface area contributed by atoms with Crippen molar-refractivity contribution >= 4 is 6.08 Å². The highest BCUT2D eigenvalue weighted by Gasteiger charge is 2.12. The quantitative estimate of drug-likeness (QED) is 0.803. The van der Waals surface area contributed by atoms with Gasteiger partial charge in [-0.25, -0.2) is 0 Å². The summed E-state index contributed by atoms with van der Waals surface area (Å²) in [6.45, 7) is 7.94. The maximum absolute atomic E-state index is 9.86. The molecule has 0 radical (unpaired) electrons. The molecule has 0 heterocycles. The van der Waals surface area contributed by atoms with Crippen LogP contribution in [0.4, 0.5) is 0 Å². The largest absolute Gasteiger partial charge is 0.504 e. The van der Waals surface area contributed by atoms with Gasteiger partial charge in [-0.2, -0.15) is 0 Å². The minimum atomic E-state index is 0.232. The number of phenolic OH excluding ortho intramolecular Hbond substituents is 1. The van der Waals surface area contributed by atoms with E-state index in [-0.39, 0.29) is 5.75 Å². The molecule has 15 heavy (non-hydrogen) atoms. The van der Waals surface area contributed by atoms with Crippen LogP contribution in [0.3, 0.4) is 0 Å². The van der Waals surface area contributed by atoms with Crippen molar-refractivity contribution in [2.75, 3.05) is 7.11 Å². The number of aryl methyl sites for hydroxylation is 2. The minimum Gasteiger partial charge on any atom is -0.504 e. The van der Waals surface area contributed by atoms with Gasteiger partial charge in [0.2, 0.25) is 0 Å². The van der Waals surface area contributed by atoms with Crippen LogP contribution < -0.4 is 4.74 Å². The second-order valence-corrected chi connectivity index (χ2v) is 4.03. The van der Waals surface area contributed by atoms with E-state index in [9.17, 15) is 5.11 Å². The maximum Gasteiger partial charge on any atom is 0.168 e. The lowest BCUT2D eigenvalue weighted by Crippen LogP contribution is -1.93. The lowest BCUT2D eigenvalue weighted by atomic mass is 10.0. The molecule has 1 aromatic carbocycles. The molecule has 2 nitrogen and oxygen atoms in total. The van der Waals surface area contributed by atoms with E-state index in [1.165, 1.54) is 5.57 Å². The van der Waals surface area contributed by atoms with Gasteiger partial charge in [-0.1, -0.05) is 17.7 Å². The van der Waals surface area contributed by atoms with Crippen LogP contribution in [0.25, 0.3) is 6.08 Å². The molecule has 0 fully saturated rings. The Kier molecular flexibility index (Phi) is 3.40. The van der Waals surface area contributed by atoms with Crippen molar-refractivity contribution in [2.45, 2.75) is 27.7 Å². The first-order chi connectivity index (χ1) is 6.97. The van der Waals surface area contributed by atoms with Crippen LogP contribution in [0, 0.1) is 13.8 Å². The summed E-state index contributed by atoms with van der Waals surface area (Å²) in [5, 5.41) is 9.86. The van der Waals surface area contributed by atoms with E-state index in [1.807, 2.05) is 39.8 Å². The molecule has 0 aliphatic rings. The number of allylic oxidation sites excluding steroid dienone is 1. The van der Waals surface area contributed by atoms with Gasteiger partial charge in [0, 0.05) is 5.56 Å². The van der Waals surface area contributed by atoms with E-state index in [4.69, 9.17) is 4.74 Å². The number of hydrogen-bond acceptors (Lipinski definition) is 2. The SMILES string of the molecule is COc1c(O)c(C)cc(C)c1C=C(C)C. The fourth-order valence-corrected chi connectivity index (χ4v) is 1.63. The van der Waals surface area contributed by atoms with Gasteiger partial charge in [0.25, 0.3) is 0 Å². The number of methoxy groups -OCH3 is 1. The molecule has 0 atom stereocenters. The molecular formula is C13H18O2. The number of hydrogen-bond donors (Lipinski definition) is 1. The Hall–Kier alpha value is -1.44. The predicted octanol–water partition coefficient (Wildman–Crippen LogP) is 3.44. The highest BCUT2D eigenvalue weighted by Crippen LogP contribution is 2.36. The Morgan fingerprint density at radius 1 is 1.27 bits per heavy atom. The Morgan fingerprint density at radius 2 is 1.87 bits per heavy atom. The van der Waals surface area contributed by atoms with Crippen molar-refractivity contribution in [3.8, 4) is 11.5 Å². The summed E-state index contributed by atoms with van der Waals surface area (Å²) in [6, 6.07) is 1.96. The third kappa shape index (κ3) is 2.32. The van der Waals surface area contributed by atoms with Gasteiger partial charge in [-0.05, 0) is 38.8 Å². The Morgan fingerprint density at radius 3 is 2.33 bits per heavy atom. The van der Waals surface area contributed by atoms with Crippen molar-refractivity contribution in [1.29, 1.82) is 0 Å². The molecule has 0 aliphatic carbocycles. The van der Waals surface area contributed by atoms with E-state index in [1.54, 1.807) is 7.11 Å². The average molecular weight is 206 g/mol. The van der Waals surface area contributed by atoms with Crippen LogP contribution in [0.2, 0.25) is 0 Å². The van der Waals surface area contributed by atoms with Gasteiger partial charge in [-0.3, -0.25) is 0 Å². The number of benzene rings is 1. The zero-order valence-corrected chi connectivity index (χ0v) is 10.0. The topological polar surface area (TPSA) is 29.5 Å². The molecule has 0 aromatic heterocycles. The molecule has 0 spiro atoms. The van der Waals surface area contributed by atoms with E-state index in [0.717, 1.165) is 16.7 Å². The average Bonchev–Trinajstić information content (AvgIpc) is 2.14. The standard InChI is InChI=1S/C13H18O2/c1-8(2)6-11-9(3)7-10(4)12(14)13(11)15-5/h6-7,14H,1-5H3. The fraction of sp³-hybridized carbons (Fsp3) is 0.385. The van der Waals surface area contributed by atoms with E-state index < -0.39 is 0 Å². The Balaban J connectivity index is 3.49. The molecule has 82 valence electrons. The number of ether oxygens (including phenoxy) is 1. The smallest absolute Gasteiger partial charge is 0.168 e. The number of rotatable bonds is 2. The maximum atomic E-state index is 9.86. The van der Waals surface area contributed by atoms with Crippen molar-refractivity contribution < 1.29 is 9.84 Å². The van der Waals surface area contributed by atoms with Crippen LogP contribution in [0.15, 0.2) is 11.6 Å². The molecule has 0 bridgehead atoms. The third-order valence-electron chi connectivity index (χ3n) is 2.33. The molecule has 2 heteroatoms. The summed E-state index contributed by atoms with van der Waals surface area (Å²) < 4.78 is 5.24. The van der Waals surface area contributed by atoms with Crippen LogP contribution in [-0.2, 0) is 0 Å². The summed E-state index contributed by atoms with van der Waals surface area (Å²) >= 11 is 0. The first kappa shape index (κ1) is 11.6. The van der Waals surface area contributed by atoms with Crippen LogP contribution >= 0.6 is 0 Å².